The van der Waals surface area contributed by atoms with E-state index in [9.17, 15) is 9.59 Å². The number of nitrogens with one attached hydrogen (secondary N) is 2. The summed E-state index contributed by atoms with van der Waals surface area (Å²) in [5.74, 6) is -11.8. The van der Waals surface area contributed by atoms with Crippen LogP contribution in [0.2, 0.25) is 20.1 Å². The van der Waals surface area contributed by atoms with E-state index in [1.54, 1.807) is 0 Å². The van der Waals surface area contributed by atoms with Crippen molar-refractivity contribution in [3.8, 4) is 34.5 Å². The van der Waals surface area contributed by atoms with Crippen LogP contribution in [0.1, 0.15) is 0 Å². The lowest BCUT2D eigenvalue weighted by atomic mass is 10.2. The number of hydrogen-bond acceptors (Lipinski definition) is 6. The third kappa shape index (κ3) is 9.21. The number of ether oxygens (including phenoxy) is 4. The summed E-state index contributed by atoms with van der Waals surface area (Å²) in [6, 6.07) is 19.2. The Hall–Kier alpha value is -4.88. The number of halogens is 8. The highest BCUT2D eigenvalue weighted by Crippen LogP contribution is 2.39. The lowest BCUT2D eigenvalue weighted by Crippen LogP contribution is -2.20. The molecule has 2 N–H and O–H groups in total. The number of rotatable bonds is 12. The second-order valence-electron chi connectivity index (χ2n) is 10.00. The largest absolute Gasteiger partial charge is 0.482 e. The molecule has 50 heavy (non-hydrogen) atoms. The predicted octanol–water partition coefficient (Wildman–Crippen LogP) is 10.5. The minimum atomic E-state index is -1.90. The van der Waals surface area contributed by atoms with Gasteiger partial charge in [0.15, 0.2) is 13.2 Å². The van der Waals surface area contributed by atoms with Crippen molar-refractivity contribution in [2.24, 2.45) is 0 Å². The average Bonchev–Trinajstić information content (AvgIpc) is 3.07. The molecule has 0 unspecified atom stereocenters. The summed E-state index contributed by atoms with van der Waals surface area (Å²) in [5.41, 5.74) is 0.208. The van der Waals surface area contributed by atoms with Crippen molar-refractivity contribution >= 4 is 69.6 Å². The maximum Gasteiger partial charge on any atom is 0.262 e. The Labute approximate surface area is 301 Å². The van der Waals surface area contributed by atoms with Gasteiger partial charge in [0.05, 0.1) is 10.0 Å². The van der Waals surface area contributed by atoms with Crippen LogP contribution in [0.15, 0.2) is 84.9 Å². The molecule has 0 aliphatic carbocycles. The van der Waals surface area contributed by atoms with Crippen LogP contribution in [0.5, 0.6) is 34.5 Å². The van der Waals surface area contributed by atoms with Gasteiger partial charge in [-0.3, -0.25) is 9.59 Å². The molecule has 0 aliphatic rings. The molecule has 0 aliphatic heterocycles. The fourth-order valence-corrected chi connectivity index (χ4v) is 5.07. The van der Waals surface area contributed by atoms with Crippen LogP contribution in [-0.2, 0) is 9.59 Å². The molecule has 0 aromatic heterocycles. The van der Waals surface area contributed by atoms with Gasteiger partial charge in [0.2, 0.25) is 34.8 Å². The highest BCUT2D eigenvalue weighted by atomic mass is 35.5. The van der Waals surface area contributed by atoms with Crippen molar-refractivity contribution in [2.45, 2.75) is 0 Å². The van der Waals surface area contributed by atoms with Crippen molar-refractivity contribution in [3.63, 3.8) is 0 Å². The zero-order chi connectivity index (χ0) is 35.9. The van der Waals surface area contributed by atoms with Crippen molar-refractivity contribution in [3.05, 3.63) is 128 Å². The van der Waals surface area contributed by atoms with E-state index in [1.165, 1.54) is 72.8 Å². The topological polar surface area (TPSA) is 95.1 Å². The Bertz CT molecular complexity index is 1910. The zero-order valence-electron chi connectivity index (χ0n) is 25.0. The molecule has 5 aromatic rings. The van der Waals surface area contributed by atoms with Crippen molar-refractivity contribution in [1.29, 1.82) is 0 Å². The number of hydrogen-bond donors (Lipinski definition) is 2. The summed E-state index contributed by atoms with van der Waals surface area (Å²) in [6.07, 6.45) is 0. The van der Waals surface area contributed by atoms with Gasteiger partial charge >= 0.3 is 0 Å². The minimum absolute atomic E-state index is 0.104. The lowest BCUT2D eigenvalue weighted by Gasteiger charge is -2.15. The number of anilines is 2. The van der Waals surface area contributed by atoms with E-state index in [-0.39, 0.29) is 44.4 Å². The molecule has 0 fully saturated rings. The first-order valence-corrected chi connectivity index (χ1v) is 15.6. The van der Waals surface area contributed by atoms with E-state index in [0.717, 1.165) is 12.1 Å². The molecule has 5 rings (SSSR count). The van der Waals surface area contributed by atoms with E-state index >= 15 is 17.6 Å². The molecule has 0 heterocycles. The number of carbonyl (C=O) groups excluding carboxylic acids is 2. The van der Waals surface area contributed by atoms with Gasteiger partial charge in [0.1, 0.15) is 23.0 Å². The number of benzene rings is 5. The van der Waals surface area contributed by atoms with E-state index < -0.39 is 59.8 Å². The molecule has 0 spiro atoms. The predicted molar refractivity (Wildman–Crippen MR) is 180 cm³/mol. The standard InChI is InChI=1S/C34H20Cl4F4N2O6/c35-17-7-9-25(23(37)11-17)47-15-27(45)43-19-3-1-5-21(13-19)49-33-29(39)31(41)34(32(42)30(33)40)50-22-6-2-4-20(14-22)44-28(46)16-48-26-10-8-18(36)12-24(26)38/h1-14H,15-16H2,(H,43,45)(H,44,46). The Kier molecular flexibility index (Phi) is 11.8. The molecular weight excluding hydrogens is 750 g/mol. The number of carbonyl (C=O) groups is 2. The van der Waals surface area contributed by atoms with Crippen LogP contribution in [-0.4, -0.2) is 25.0 Å². The summed E-state index contributed by atoms with van der Waals surface area (Å²) in [6.45, 7) is -0.923. The van der Waals surface area contributed by atoms with Crippen molar-refractivity contribution < 1.29 is 46.1 Å². The summed E-state index contributed by atoms with van der Waals surface area (Å²) >= 11 is 23.7. The van der Waals surface area contributed by atoms with Crippen molar-refractivity contribution in [1.82, 2.24) is 0 Å². The van der Waals surface area contributed by atoms with Crippen molar-refractivity contribution in [2.75, 3.05) is 23.8 Å². The molecule has 0 saturated heterocycles. The highest BCUT2D eigenvalue weighted by Gasteiger charge is 2.29. The van der Waals surface area contributed by atoms with Crippen LogP contribution >= 0.6 is 46.4 Å². The normalized spacial score (nSPS) is 10.7. The van der Waals surface area contributed by atoms with Gasteiger partial charge in [-0.15, -0.1) is 0 Å². The monoisotopic (exact) mass is 768 g/mol. The van der Waals surface area contributed by atoms with Gasteiger partial charge in [0, 0.05) is 33.6 Å². The Balaban J connectivity index is 1.23. The second-order valence-corrected chi connectivity index (χ2v) is 11.7. The molecular formula is C34H20Cl4F4N2O6. The van der Waals surface area contributed by atoms with E-state index in [0.29, 0.717) is 10.0 Å². The summed E-state index contributed by atoms with van der Waals surface area (Å²) in [4.78, 5) is 24.8. The Morgan fingerprint density at radius 2 is 0.920 bits per heavy atom. The maximum absolute atomic E-state index is 15.1. The van der Waals surface area contributed by atoms with Crippen LogP contribution in [0.3, 0.4) is 0 Å². The van der Waals surface area contributed by atoms with Gasteiger partial charge < -0.3 is 29.6 Å². The smallest absolute Gasteiger partial charge is 0.262 e. The molecule has 0 bridgehead atoms. The molecule has 16 heteroatoms. The van der Waals surface area contributed by atoms with Gasteiger partial charge in [0.25, 0.3) is 11.8 Å². The Morgan fingerprint density at radius 3 is 1.28 bits per heavy atom. The van der Waals surface area contributed by atoms with Crippen LogP contribution < -0.4 is 29.6 Å². The van der Waals surface area contributed by atoms with Gasteiger partial charge in [-0.2, -0.15) is 17.6 Å². The van der Waals surface area contributed by atoms with E-state index in [1.807, 2.05) is 0 Å². The Morgan fingerprint density at radius 1 is 0.540 bits per heavy atom. The third-order valence-corrected chi connectivity index (χ3v) is 7.42. The molecule has 8 nitrogen and oxygen atoms in total. The second kappa shape index (κ2) is 16.2. The molecule has 0 atom stereocenters. The minimum Gasteiger partial charge on any atom is -0.482 e. The molecule has 258 valence electrons. The molecule has 0 saturated carbocycles. The fourth-order valence-electron chi connectivity index (χ4n) is 4.15. The van der Waals surface area contributed by atoms with Gasteiger partial charge in [-0.25, -0.2) is 0 Å². The number of amides is 2. The summed E-state index contributed by atoms with van der Waals surface area (Å²) in [5, 5.41) is 6.07. The van der Waals surface area contributed by atoms with Gasteiger partial charge in [-0.05, 0) is 60.7 Å². The first-order valence-electron chi connectivity index (χ1n) is 14.0. The van der Waals surface area contributed by atoms with E-state index in [4.69, 9.17) is 65.4 Å². The third-order valence-electron chi connectivity index (χ3n) is 6.36. The zero-order valence-corrected chi connectivity index (χ0v) is 28.0. The van der Waals surface area contributed by atoms with Crippen LogP contribution in [0.4, 0.5) is 28.9 Å². The SMILES string of the molecule is O=C(COc1ccc(Cl)cc1Cl)Nc1cccc(Oc2c(F)c(F)c(Oc3cccc(NC(=O)COc4ccc(Cl)cc4Cl)c3)c(F)c2F)c1. The quantitative estimate of drug-likeness (QED) is 0.0969. The summed E-state index contributed by atoms with van der Waals surface area (Å²) in [7, 11) is 0. The fraction of sp³-hybridized carbons (Fsp3) is 0.0588. The molecule has 5 aromatic carbocycles. The van der Waals surface area contributed by atoms with E-state index in [2.05, 4.69) is 10.6 Å². The van der Waals surface area contributed by atoms with Gasteiger partial charge in [-0.1, -0.05) is 58.5 Å². The maximum atomic E-state index is 15.1. The lowest BCUT2D eigenvalue weighted by molar-refractivity contribution is -0.118. The van der Waals surface area contributed by atoms with Crippen LogP contribution in [0, 0.1) is 23.3 Å². The first-order chi connectivity index (χ1) is 23.9. The summed E-state index contributed by atoms with van der Waals surface area (Å²) < 4.78 is 81.3. The first kappa shape index (κ1) is 36.4. The van der Waals surface area contributed by atoms with Crippen LogP contribution in [0.25, 0.3) is 0 Å². The molecule has 2 amide bonds. The average molecular weight is 770 g/mol. The highest BCUT2D eigenvalue weighted by molar-refractivity contribution is 6.36. The molecule has 0 radical (unpaired) electrons.